The van der Waals surface area contributed by atoms with Crippen molar-refractivity contribution in [3.05, 3.63) is 52.1 Å². The quantitative estimate of drug-likeness (QED) is 0.745. The van der Waals surface area contributed by atoms with Crippen molar-refractivity contribution in [3.63, 3.8) is 0 Å². The minimum absolute atomic E-state index is 0.111. The Balaban J connectivity index is 1.59. The molecule has 1 fully saturated rings. The van der Waals surface area contributed by atoms with Crippen molar-refractivity contribution in [1.82, 2.24) is 4.57 Å². The lowest BCUT2D eigenvalue weighted by molar-refractivity contribution is 0.601. The molecule has 1 saturated heterocycles. The number of thiazole rings is 1. The van der Waals surface area contributed by atoms with Crippen molar-refractivity contribution in [2.75, 3.05) is 22.7 Å². The molecule has 1 aliphatic rings. The fraction of sp³-hybridized carbons (Fsp3) is 0.278. The predicted molar refractivity (Wildman–Crippen MR) is 106 cm³/mol. The van der Waals surface area contributed by atoms with Crippen molar-refractivity contribution in [3.8, 4) is 0 Å². The van der Waals surface area contributed by atoms with E-state index in [1.54, 1.807) is 31.3 Å². The summed E-state index contributed by atoms with van der Waals surface area (Å²) in [6, 6.07) is 12.2. The molecular formula is C18H19N3O3S2. The lowest BCUT2D eigenvalue weighted by atomic mass is 10.2. The van der Waals surface area contributed by atoms with Gasteiger partial charge in [-0.2, -0.15) is 0 Å². The smallest absolute Gasteiger partial charge is 0.307 e. The summed E-state index contributed by atoms with van der Waals surface area (Å²) in [5.74, 6) is 0. The van der Waals surface area contributed by atoms with Crippen LogP contribution in [0.15, 0.2) is 52.2 Å². The van der Waals surface area contributed by atoms with Crippen LogP contribution in [0.2, 0.25) is 0 Å². The van der Waals surface area contributed by atoms with Crippen molar-refractivity contribution in [2.45, 2.75) is 17.7 Å². The van der Waals surface area contributed by atoms with Crippen molar-refractivity contribution >= 4 is 43.0 Å². The number of hydrogen-bond donors (Lipinski definition) is 1. The molecule has 1 aromatic heterocycles. The summed E-state index contributed by atoms with van der Waals surface area (Å²) in [4.78, 5) is 14.1. The van der Waals surface area contributed by atoms with Crippen LogP contribution in [0.5, 0.6) is 0 Å². The fourth-order valence-corrected chi connectivity index (χ4v) is 5.29. The minimum Gasteiger partial charge on any atom is -0.372 e. The molecule has 4 rings (SSSR count). The van der Waals surface area contributed by atoms with Crippen LogP contribution in [-0.4, -0.2) is 26.1 Å². The predicted octanol–water partition coefficient (Wildman–Crippen LogP) is 3.00. The molecule has 0 aliphatic carbocycles. The van der Waals surface area contributed by atoms with Crippen molar-refractivity contribution in [2.24, 2.45) is 7.05 Å². The maximum absolute atomic E-state index is 12.7. The lowest BCUT2D eigenvalue weighted by Gasteiger charge is -2.18. The Hall–Kier alpha value is -2.32. The Morgan fingerprint density at radius 2 is 1.73 bits per heavy atom. The van der Waals surface area contributed by atoms with E-state index in [9.17, 15) is 13.2 Å². The summed E-state index contributed by atoms with van der Waals surface area (Å²) in [6.45, 7) is 2.09. The van der Waals surface area contributed by atoms with Gasteiger partial charge in [0.05, 0.1) is 15.1 Å². The second kappa shape index (κ2) is 6.44. The van der Waals surface area contributed by atoms with Crippen LogP contribution in [0.1, 0.15) is 12.8 Å². The van der Waals surface area contributed by atoms with Gasteiger partial charge in [0.2, 0.25) is 0 Å². The van der Waals surface area contributed by atoms with E-state index in [4.69, 9.17) is 0 Å². The number of fused-ring (bicyclic) bond motifs is 1. The number of sulfonamides is 1. The van der Waals surface area contributed by atoms with E-state index in [-0.39, 0.29) is 9.77 Å². The Morgan fingerprint density at radius 1 is 1.04 bits per heavy atom. The maximum atomic E-state index is 12.7. The third kappa shape index (κ3) is 3.10. The zero-order valence-corrected chi connectivity index (χ0v) is 15.9. The maximum Gasteiger partial charge on any atom is 0.307 e. The van der Waals surface area contributed by atoms with Gasteiger partial charge in [-0.15, -0.1) is 0 Å². The summed E-state index contributed by atoms with van der Waals surface area (Å²) in [5.41, 5.74) is 2.36. The van der Waals surface area contributed by atoms with Gasteiger partial charge in [-0.05, 0) is 55.3 Å². The molecule has 0 atom stereocenters. The fourth-order valence-electron chi connectivity index (χ4n) is 3.21. The first-order valence-corrected chi connectivity index (χ1v) is 10.7. The van der Waals surface area contributed by atoms with Gasteiger partial charge >= 0.3 is 4.87 Å². The molecule has 0 saturated carbocycles. The first kappa shape index (κ1) is 17.1. The Kier molecular flexibility index (Phi) is 4.24. The van der Waals surface area contributed by atoms with E-state index in [0.717, 1.165) is 35.6 Å². The summed E-state index contributed by atoms with van der Waals surface area (Å²) in [7, 11) is -2.03. The van der Waals surface area contributed by atoms with E-state index >= 15 is 0 Å². The molecule has 0 spiro atoms. The molecule has 0 bridgehead atoms. The topological polar surface area (TPSA) is 71.4 Å². The van der Waals surface area contributed by atoms with Gasteiger partial charge in [0.25, 0.3) is 10.0 Å². The minimum atomic E-state index is -3.71. The number of aryl methyl sites for hydroxylation is 1. The first-order valence-electron chi connectivity index (χ1n) is 8.41. The molecule has 0 amide bonds. The Bertz CT molecular complexity index is 1110. The van der Waals surface area contributed by atoms with Gasteiger partial charge in [0, 0.05) is 31.5 Å². The van der Waals surface area contributed by atoms with Crippen LogP contribution < -0.4 is 14.5 Å². The molecule has 2 aromatic carbocycles. The van der Waals surface area contributed by atoms with Crippen LogP contribution in [0.3, 0.4) is 0 Å². The molecule has 3 aromatic rings. The normalized spacial score (nSPS) is 14.9. The average molecular weight is 390 g/mol. The Morgan fingerprint density at radius 3 is 2.42 bits per heavy atom. The van der Waals surface area contributed by atoms with E-state index < -0.39 is 10.0 Å². The third-order valence-corrected chi connectivity index (χ3v) is 7.04. The molecule has 26 heavy (non-hydrogen) atoms. The third-order valence-electron chi connectivity index (χ3n) is 4.66. The second-order valence-electron chi connectivity index (χ2n) is 6.40. The molecule has 1 N–H and O–H groups in total. The van der Waals surface area contributed by atoms with Crippen molar-refractivity contribution in [1.29, 1.82) is 0 Å². The van der Waals surface area contributed by atoms with Gasteiger partial charge < -0.3 is 9.47 Å². The van der Waals surface area contributed by atoms with E-state index in [2.05, 4.69) is 9.62 Å². The van der Waals surface area contributed by atoms with Crippen LogP contribution in [0.25, 0.3) is 10.2 Å². The largest absolute Gasteiger partial charge is 0.372 e. The summed E-state index contributed by atoms with van der Waals surface area (Å²) < 4.78 is 30.1. The SMILES string of the molecule is Cn1c(=O)sc2cc(S(=O)(=O)Nc3ccc(N4CCCC4)cc3)ccc21. The highest BCUT2D eigenvalue weighted by Gasteiger charge is 2.17. The number of benzene rings is 2. The molecular weight excluding hydrogens is 370 g/mol. The molecule has 8 heteroatoms. The number of nitrogens with one attached hydrogen (secondary N) is 1. The van der Waals surface area contributed by atoms with Gasteiger partial charge in [0.1, 0.15) is 0 Å². The molecule has 136 valence electrons. The standard InChI is InChI=1S/C18H19N3O3S2/c1-20-16-9-8-15(12-17(16)25-18(20)22)26(23,24)19-13-4-6-14(7-5-13)21-10-2-3-11-21/h4-9,12,19H,2-3,10-11H2,1H3. The molecule has 0 unspecified atom stereocenters. The zero-order valence-electron chi connectivity index (χ0n) is 14.3. The number of hydrogen-bond acceptors (Lipinski definition) is 5. The summed E-state index contributed by atoms with van der Waals surface area (Å²) in [6.07, 6.45) is 2.39. The zero-order chi connectivity index (χ0) is 18.3. The van der Waals surface area contributed by atoms with Gasteiger partial charge in [0.15, 0.2) is 0 Å². The lowest BCUT2D eigenvalue weighted by Crippen LogP contribution is -2.17. The first-order chi connectivity index (χ1) is 12.4. The Labute approximate surface area is 155 Å². The highest BCUT2D eigenvalue weighted by molar-refractivity contribution is 7.92. The van der Waals surface area contributed by atoms with Gasteiger partial charge in [-0.3, -0.25) is 9.52 Å². The summed E-state index contributed by atoms with van der Waals surface area (Å²) in [5, 5.41) is 0. The number of nitrogens with zero attached hydrogens (tertiary/aromatic N) is 2. The van der Waals surface area contributed by atoms with Crippen LogP contribution >= 0.6 is 11.3 Å². The molecule has 1 aliphatic heterocycles. The monoisotopic (exact) mass is 389 g/mol. The number of rotatable bonds is 4. The highest BCUT2D eigenvalue weighted by Crippen LogP contribution is 2.25. The summed E-state index contributed by atoms with van der Waals surface area (Å²) >= 11 is 1.04. The van der Waals surface area contributed by atoms with Gasteiger partial charge in [-0.25, -0.2) is 8.42 Å². The van der Waals surface area contributed by atoms with Crippen molar-refractivity contribution < 1.29 is 8.42 Å². The van der Waals surface area contributed by atoms with Gasteiger partial charge in [-0.1, -0.05) is 11.3 Å². The number of anilines is 2. The average Bonchev–Trinajstić information content (AvgIpc) is 3.24. The molecule has 6 nitrogen and oxygen atoms in total. The number of aromatic nitrogens is 1. The van der Waals surface area contributed by atoms with Crippen LogP contribution in [-0.2, 0) is 17.1 Å². The van der Waals surface area contributed by atoms with Crippen LogP contribution in [0.4, 0.5) is 11.4 Å². The molecule has 0 radical (unpaired) electrons. The van der Waals surface area contributed by atoms with E-state index in [1.807, 2.05) is 12.1 Å². The second-order valence-corrected chi connectivity index (χ2v) is 9.08. The molecule has 2 heterocycles. The van der Waals surface area contributed by atoms with E-state index in [0.29, 0.717) is 10.4 Å². The van der Waals surface area contributed by atoms with Crippen LogP contribution in [0, 0.1) is 0 Å². The van der Waals surface area contributed by atoms with E-state index in [1.165, 1.54) is 23.5 Å². The highest BCUT2D eigenvalue weighted by atomic mass is 32.2.